The van der Waals surface area contributed by atoms with Gasteiger partial charge in [0.15, 0.2) is 0 Å². The molecule has 0 amide bonds. The Hall–Kier alpha value is -0.580. The number of carbonyl (C=O) groups excluding carboxylic acids is 1. The van der Waals surface area contributed by atoms with Crippen LogP contribution in [0, 0.1) is 40.4 Å². The first-order chi connectivity index (χ1) is 12.2. The van der Waals surface area contributed by atoms with Crippen LogP contribution in [0.4, 0.5) is 13.2 Å². The Bertz CT molecular complexity index is 574. The molecule has 2 nitrogen and oxygen atoms in total. The Labute approximate surface area is 154 Å². The minimum absolute atomic E-state index is 0.105. The lowest BCUT2D eigenvalue weighted by Crippen LogP contribution is -2.57. The van der Waals surface area contributed by atoms with Crippen molar-refractivity contribution >= 4 is 5.78 Å². The third-order valence-electron chi connectivity index (χ3n) is 8.95. The average Bonchev–Trinajstić information content (AvgIpc) is 2.89. The Morgan fingerprint density at radius 2 is 1.85 bits per heavy atom. The van der Waals surface area contributed by atoms with Gasteiger partial charge in [0.25, 0.3) is 0 Å². The van der Waals surface area contributed by atoms with Gasteiger partial charge in [0.05, 0.1) is 12.5 Å². The second-order valence-corrected chi connectivity index (χ2v) is 9.75. The molecular weight excluding hydrogens is 341 g/mol. The van der Waals surface area contributed by atoms with Gasteiger partial charge in [-0.2, -0.15) is 13.2 Å². The van der Waals surface area contributed by atoms with E-state index in [-0.39, 0.29) is 29.6 Å². The largest absolute Gasteiger partial charge is 0.391 e. The van der Waals surface area contributed by atoms with E-state index in [9.17, 15) is 18.0 Å². The quantitative estimate of drug-likeness (QED) is 0.648. The molecule has 26 heavy (non-hydrogen) atoms. The molecule has 4 saturated carbocycles. The van der Waals surface area contributed by atoms with E-state index in [2.05, 4.69) is 6.92 Å². The van der Waals surface area contributed by atoms with Gasteiger partial charge in [-0.25, -0.2) is 0 Å². The van der Waals surface area contributed by atoms with Gasteiger partial charge in [0.1, 0.15) is 5.78 Å². The van der Waals surface area contributed by atoms with E-state index in [1.807, 2.05) is 0 Å². The minimum atomic E-state index is -4.07. The summed E-state index contributed by atoms with van der Waals surface area (Å²) >= 11 is 0. The van der Waals surface area contributed by atoms with E-state index in [4.69, 9.17) is 4.74 Å². The van der Waals surface area contributed by atoms with Gasteiger partial charge in [0, 0.05) is 18.9 Å². The van der Waals surface area contributed by atoms with Crippen molar-refractivity contribution in [2.24, 2.45) is 40.4 Å². The van der Waals surface area contributed by atoms with E-state index in [1.165, 1.54) is 0 Å². The fourth-order valence-electron chi connectivity index (χ4n) is 7.67. The molecule has 5 heteroatoms. The first kappa shape index (κ1) is 18.8. The fourth-order valence-corrected chi connectivity index (χ4v) is 7.67. The predicted molar refractivity (Wildman–Crippen MR) is 92.5 cm³/mol. The van der Waals surface area contributed by atoms with Crippen molar-refractivity contribution < 1.29 is 22.7 Å². The molecule has 0 saturated heterocycles. The van der Waals surface area contributed by atoms with E-state index in [0.717, 1.165) is 32.1 Å². The van der Waals surface area contributed by atoms with Crippen molar-refractivity contribution in [2.45, 2.75) is 70.9 Å². The summed E-state index contributed by atoms with van der Waals surface area (Å²) in [6.45, 7) is 2.74. The first-order valence-electron chi connectivity index (χ1n) is 10.3. The summed E-state index contributed by atoms with van der Waals surface area (Å²) in [5.41, 5.74) is -0.280. The highest BCUT2D eigenvalue weighted by atomic mass is 19.4. The number of methoxy groups -OCH3 is 1. The number of ether oxygens (including phenoxy) is 1. The zero-order valence-corrected chi connectivity index (χ0v) is 15.9. The Balaban J connectivity index is 1.63. The van der Waals surface area contributed by atoms with Crippen molar-refractivity contribution in [3.8, 4) is 0 Å². The van der Waals surface area contributed by atoms with Crippen LogP contribution in [-0.2, 0) is 9.53 Å². The summed E-state index contributed by atoms with van der Waals surface area (Å²) in [7, 11) is 1.69. The van der Waals surface area contributed by atoms with Crippen LogP contribution in [0.5, 0.6) is 0 Å². The maximum absolute atomic E-state index is 13.3. The lowest BCUT2D eigenvalue weighted by molar-refractivity contribution is -0.216. The zero-order valence-electron chi connectivity index (χ0n) is 15.9. The van der Waals surface area contributed by atoms with Crippen LogP contribution in [0.2, 0.25) is 0 Å². The fraction of sp³-hybridized carbons (Fsp3) is 0.952. The molecule has 0 heterocycles. The lowest BCUT2D eigenvalue weighted by atomic mass is 9.44. The lowest BCUT2D eigenvalue weighted by Gasteiger charge is -2.61. The molecule has 4 aliphatic carbocycles. The van der Waals surface area contributed by atoms with Crippen molar-refractivity contribution in [3.05, 3.63) is 0 Å². The molecule has 7 unspecified atom stereocenters. The standard InChI is InChI=1S/C21H31F3O2/c1-19-9-8-17-15(16(19)5-6-18(19)25)4-3-13-11-14(21(22,23)24)7-10-20(13,17)12-26-2/h13-17H,3-12H2,1-2H3. The van der Waals surface area contributed by atoms with Gasteiger partial charge in [0.2, 0.25) is 0 Å². The van der Waals surface area contributed by atoms with Crippen LogP contribution in [0.15, 0.2) is 0 Å². The molecule has 4 aliphatic rings. The van der Waals surface area contributed by atoms with Crippen LogP contribution in [0.3, 0.4) is 0 Å². The second-order valence-electron chi connectivity index (χ2n) is 9.75. The molecule has 148 valence electrons. The molecular formula is C21H31F3O2. The minimum Gasteiger partial charge on any atom is -0.384 e. The maximum atomic E-state index is 13.3. The number of halogens is 3. The Morgan fingerprint density at radius 1 is 1.08 bits per heavy atom. The Morgan fingerprint density at radius 3 is 2.54 bits per heavy atom. The summed E-state index contributed by atoms with van der Waals surface area (Å²) < 4.78 is 45.7. The van der Waals surface area contributed by atoms with Gasteiger partial charge in [-0.1, -0.05) is 6.92 Å². The second kappa shape index (κ2) is 6.22. The molecule has 0 aliphatic heterocycles. The van der Waals surface area contributed by atoms with E-state index in [0.29, 0.717) is 43.0 Å². The van der Waals surface area contributed by atoms with Crippen LogP contribution < -0.4 is 0 Å². The van der Waals surface area contributed by atoms with Gasteiger partial charge >= 0.3 is 6.18 Å². The number of ketones is 1. The SMILES string of the molecule is COCC12CCC(C(F)(F)F)CC1CCC1C3CCC(=O)C3(C)CCC12. The molecule has 0 aromatic heterocycles. The summed E-state index contributed by atoms with van der Waals surface area (Å²) in [4.78, 5) is 12.5. The number of alkyl halides is 3. The number of carbonyl (C=O) groups is 1. The number of hydrogen-bond acceptors (Lipinski definition) is 2. The topological polar surface area (TPSA) is 26.3 Å². The molecule has 0 bridgehead atoms. The van der Waals surface area contributed by atoms with E-state index in [1.54, 1.807) is 7.11 Å². The number of fused-ring (bicyclic) bond motifs is 5. The molecule has 4 rings (SSSR count). The smallest absolute Gasteiger partial charge is 0.384 e. The summed E-state index contributed by atoms with van der Waals surface area (Å²) in [5, 5.41) is 0. The van der Waals surface area contributed by atoms with Crippen LogP contribution >= 0.6 is 0 Å². The molecule has 0 N–H and O–H groups in total. The van der Waals surface area contributed by atoms with Crippen molar-refractivity contribution in [3.63, 3.8) is 0 Å². The van der Waals surface area contributed by atoms with Crippen molar-refractivity contribution in [1.82, 2.24) is 0 Å². The highest BCUT2D eigenvalue weighted by Crippen LogP contribution is 2.66. The highest BCUT2D eigenvalue weighted by Gasteiger charge is 2.62. The molecule has 0 aromatic carbocycles. The molecule has 0 spiro atoms. The number of Topliss-reactive ketones (excluding diaryl/α,β-unsaturated/α-hetero) is 1. The van der Waals surface area contributed by atoms with E-state index >= 15 is 0 Å². The number of rotatable bonds is 2. The summed E-state index contributed by atoms with van der Waals surface area (Å²) in [6.07, 6.45) is 2.53. The predicted octanol–water partition coefficient (Wildman–Crippen LogP) is 5.40. The zero-order chi connectivity index (χ0) is 18.7. The highest BCUT2D eigenvalue weighted by molar-refractivity contribution is 5.87. The first-order valence-corrected chi connectivity index (χ1v) is 10.3. The number of hydrogen-bond donors (Lipinski definition) is 0. The summed E-state index contributed by atoms with van der Waals surface area (Å²) in [6, 6.07) is 0. The summed E-state index contributed by atoms with van der Waals surface area (Å²) in [5.74, 6) is 0.753. The van der Waals surface area contributed by atoms with Gasteiger partial charge in [-0.05, 0) is 80.5 Å². The molecule has 0 aromatic rings. The van der Waals surface area contributed by atoms with Crippen LogP contribution in [-0.4, -0.2) is 25.7 Å². The monoisotopic (exact) mass is 372 g/mol. The van der Waals surface area contributed by atoms with E-state index < -0.39 is 12.1 Å². The van der Waals surface area contributed by atoms with Crippen molar-refractivity contribution in [1.29, 1.82) is 0 Å². The normalized spacial score (nSPS) is 48.7. The van der Waals surface area contributed by atoms with Gasteiger partial charge in [-0.3, -0.25) is 4.79 Å². The molecule has 0 radical (unpaired) electrons. The van der Waals surface area contributed by atoms with Crippen molar-refractivity contribution in [2.75, 3.05) is 13.7 Å². The molecule has 7 atom stereocenters. The average molecular weight is 372 g/mol. The molecule has 4 fully saturated rings. The van der Waals surface area contributed by atoms with Crippen LogP contribution in [0.1, 0.15) is 64.7 Å². The Kier molecular flexibility index (Phi) is 4.49. The van der Waals surface area contributed by atoms with Gasteiger partial charge in [-0.15, -0.1) is 0 Å². The third kappa shape index (κ3) is 2.59. The third-order valence-corrected chi connectivity index (χ3v) is 8.95. The maximum Gasteiger partial charge on any atom is 0.391 e. The van der Waals surface area contributed by atoms with Gasteiger partial charge < -0.3 is 4.74 Å². The van der Waals surface area contributed by atoms with Crippen LogP contribution in [0.25, 0.3) is 0 Å².